The molecule has 1 aromatic heterocycles. The van der Waals surface area contributed by atoms with Gasteiger partial charge in [-0.15, -0.1) is 0 Å². The number of benzene rings is 1. The Morgan fingerprint density at radius 2 is 1.77 bits per heavy atom. The van der Waals surface area contributed by atoms with Crippen LogP contribution in [0.2, 0.25) is 0 Å². The summed E-state index contributed by atoms with van der Waals surface area (Å²) in [5, 5.41) is 2.92. The molecule has 0 saturated carbocycles. The fourth-order valence-electron chi connectivity index (χ4n) is 3.31. The van der Waals surface area contributed by atoms with Crippen LogP contribution in [0.4, 0.5) is 0 Å². The van der Waals surface area contributed by atoms with Crippen LogP contribution in [0.1, 0.15) is 21.6 Å². The van der Waals surface area contributed by atoms with E-state index in [9.17, 15) is 14.4 Å². The van der Waals surface area contributed by atoms with E-state index in [1.54, 1.807) is 26.2 Å². The molecule has 0 radical (unpaired) electrons. The summed E-state index contributed by atoms with van der Waals surface area (Å²) in [5.41, 5.74) is 2.59. The van der Waals surface area contributed by atoms with Crippen molar-refractivity contribution in [2.75, 3.05) is 20.1 Å². The molecule has 1 N–H and O–H groups in total. The second-order valence-electron chi connectivity index (χ2n) is 6.70. The first-order chi connectivity index (χ1) is 12.5. The minimum absolute atomic E-state index is 0.0224. The Labute approximate surface area is 152 Å². The summed E-state index contributed by atoms with van der Waals surface area (Å²) < 4.78 is 1.33. The second kappa shape index (κ2) is 7.56. The van der Waals surface area contributed by atoms with Gasteiger partial charge in [0, 0.05) is 39.2 Å². The third-order valence-electron chi connectivity index (χ3n) is 4.92. The maximum absolute atomic E-state index is 12.5. The van der Waals surface area contributed by atoms with E-state index in [4.69, 9.17) is 0 Å². The molecular formula is C20H23N3O3. The van der Waals surface area contributed by atoms with Crippen LogP contribution in [-0.4, -0.2) is 41.4 Å². The monoisotopic (exact) mass is 353 g/mol. The molecule has 1 aliphatic carbocycles. The molecule has 1 heterocycles. The maximum atomic E-state index is 12.5. The Balaban J connectivity index is 1.50. The SMILES string of the molecule is CN(CCNC(=O)C1Cc2ccccc2C1)C(=O)c1cccc(=O)n1C. The number of hydrogen-bond acceptors (Lipinski definition) is 3. The number of aromatic nitrogens is 1. The zero-order chi connectivity index (χ0) is 18.7. The molecule has 26 heavy (non-hydrogen) atoms. The molecule has 0 atom stereocenters. The Morgan fingerprint density at radius 3 is 2.42 bits per heavy atom. The zero-order valence-electron chi connectivity index (χ0n) is 15.1. The quantitative estimate of drug-likeness (QED) is 0.871. The summed E-state index contributed by atoms with van der Waals surface area (Å²) in [6.45, 7) is 0.766. The summed E-state index contributed by atoms with van der Waals surface area (Å²) >= 11 is 0. The minimum Gasteiger partial charge on any atom is -0.354 e. The average Bonchev–Trinajstić information content (AvgIpc) is 3.07. The van der Waals surface area contributed by atoms with Crippen molar-refractivity contribution in [1.82, 2.24) is 14.8 Å². The smallest absolute Gasteiger partial charge is 0.270 e. The lowest BCUT2D eigenvalue weighted by molar-refractivity contribution is -0.124. The van der Waals surface area contributed by atoms with E-state index in [1.807, 2.05) is 12.1 Å². The van der Waals surface area contributed by atoms with Gasteiger partial charge in [0.05, 0.1) is 0 Å². The number of carbonyl (C=O) groups is 2. The van der Waals surface area contributed by atoms with Gasteiger partial charge in [-0.3, -0.25) is 14.4 Å². The molecule has 0 bridgehead atoms. The molecule has 0 aliphatic heterocycles. The van der Waals surface area contributed by atoms with Gasteiger partial charge in [-0.2, -0.15) is 0 Å². The molecule has 0 saturated heterocycles. The highest BCUT2D eigenvalue weighted by Gasteiger charge is 2.26. The molecule has 6 heteroatoms. The van der Waals surface area contributed by atoms with E-state index in [0.717, 1.165) is 12.8 Å². The molecule has 1 aromatic carbocycles. The van der Waals surface area contributed by atoms with Crippen LogP contribution in [0.3, 0.4) is 0 Å². The van der Waals surface area contributed by atoms with Crippen molar-refractivity contribution in [1.29, 1.82) is 0 Å². The predicted molar refractivity (Wildman–Crippen MR) is 99.0 cm³/mol. The molecule has 2 amide bonds. The third-order valence-corrected chi connectivity index (χ3v) is 4.92. The van der Waals surface area contributed by atoms with E-state index >= 15 is 0 Å². The highest BCUT2D eigenvalue weighted by molar-refractivity contribution is 5.92. The van der Waals surface area contributed by atoms with Crippen molar-refractivity contribution < 1.29 is 9.59 Å². The van der Waals surface area contributed by atoms with Crippen molar-refractivity contribution >= 4 is 11.8 Å². The van der Waals surface area contributed by atoms with Crippen LogP contribution >= 0.6 is 0 Å². The lowest BCUT2D eigenvalue weighted by Crippen LogP contribution is -2.40. The Morgan fingerprint density at radius 1 is 1.12 bits per heavy atom. The van der Waals surface area contributed by atoms with Gasteiger partial charge in [0.2, 0.25) is 5.91 Å². The van der Waals surface area contributed by atoms with E-state index in [0.29, 0.717) is 18.8 Å². The molecule has 6 nitrogen and oxygen atoms in total. The number of rotatable bonds is 5. The molecular weight excluding hydrogens is 330 g/mol. The van der Waals surface area contributed by atoms with Gasteiger partial charge < -0.3 is 14.8 Å². The Hall–Kier alpha value is -2.89. The maximum Gasteiger partial charge on any atom is 0.270 e. The van der Waals surface area contributed by atoms with Crippen molar-refractivity contribution in [3.8, 4) is 0 Å². The Kier molecular flexibility index (Phi) is 5.21. The summed E-state index contributed by atoms with van der Waals surface area (Å²) in [7, 11) is 3.24. The van der Waals surface area contributed by atoms with Crippen molar-refractivity contribution in [2.45, 2.75) is 12.8 Å². The van der Waals surface area contributed by atoms with Crippen molar-refractivity contribution in [3.05, 3.63) is 69.6 Å². The summed E-state index contributed by atoms with van der Waals surface area (Å²) in [4.78, 5) is 38.0. The first-order valence-electron chi connectivity index (χ1n) is 8.73. The molecule has 3 rings (SSSR count). The lowest BCUT2D eigenvalue weighted by Gasteiger charge is -2.19. The molecule has 1 aliphatic rings. The number of nitrogens with one attached hydrogen (secondary N) is 1. The topological polar surface area (TPSA) is 71.4 Å². The van der Waals surface area contributed by atoms with Gasteiger partial charge in [-0.05, 0) is 30.0 Å². The van der Waals surface area contributed by atoms with Crippen LogP contribution < -0.4 is 10.9 Å². The first kappa shape index (κ1) is 17.9. The second-order valence-corrected chi connectivity index (χ2v) is 6.70. The normalized spacial score (nSPS) is 13.3. The summed E-state index contributed by atoms with van der Waals surface area (Å²) in [6.07, 6.45) is 1.53. The highest BCUT2D eigenvalue weighted by Crippen LogP contribution is 2.26. The predicted octanol–water partition coefficient (Wildman–Crippen LogP) is 0.988. The fourth-order valence-corrected chi connectivity index (χ4v) is 3.31. The molecule has 0 fully saturated rings. The fraction of sp³-hybridized carbons (Fsp3) is 0.350. The highest BCUT2D eigenvalue weighted by atomic mass is 16.2. The Bertz CT molecular complexity index is 863. The summed E-state index contributed by atoms with van der Waals surface area (Å²) in [5.74, 6) is -0.259. The molecule has 2 aromatic rings. The minimum atomic E-state index is -0.243. The number of amides is 2. The number of fused-ring (bicyclic) bond motifs is 1. The van der Waals surface area contributed by atoms with Gasteiger partial charge in [0.15, 0.2) is 0 Å². The van der Waals surface area contributed by atoms with Crippen LogP contribution in [0, 0.1) is 5.92 Å². The van der Waals surface area contributed by atoms with E-state index in [-0.39, 0.29) is 23.3 Å². The zero-order valence-corrected chi connectivity index (χ0v) is 15.1. The van der Waals surface area contributed by atoms with E-state index < -0.39 is 0 Å². The number of pyridine rings is 1. The largest absolute Gasteiger partial charge is 0.354 e. The molecule has 0 unspecified atom stereocenters. The van der Waals surface area contributed by atoms with Crippen LogP contribution in [-0.2, 0) is 24.7 Å². The van der Waals surface area contributed by atoms with Crippen LogP contribution in [0.25, 0.3) is 0 Å². The average molecular weight is 353 g/mol. The number of hydrogen-bond donors (Lipinski definition) is 1. The van der Waals surface area contributed by atoms with Gasteiger partial charge >= 0.3 is 0 Å². The van der Waals surface area contributed by atoms with E-state index in [1.165, 1.54) is 26.7 Å². The van der Waals surface area contributed by atoms with Gasteiger partial charge in [-0.1, -0.05) is 30.3 Å². The lowest BCUT2D eigenvalue weighted by atomic mass is 10.1. The first-order valence-corrected chi connectivity index (χ1v) is 8.73. The van der Waals surface area contributed by atoms with Gasteiger partial charge in [-0.25, -0.2) is 0 Å². The van der Waals surface area contributed by atoms with Gasteiger partial charge in [0.25, 0.3) is 11.5 Å². The summed E-state index contributed by atoms with van der Waals surface area (Å²) in [6, 6.07) is 12.7. The number of likely N-dealkylation sites (N-methyl/N-ethyl adjacent to an activating group) is 1. The molecule has 0 spiro atoms. The van der Waals surface area contributed by atoms with Crippen molar-refractivity contribution in [3.63, 3.8) is 0 Å². The number of carbonyl (C=O) groups excluding carboxylic acids is 2. The van der Waals surface area contributed by atoms with Gasteiger partial charge in [0.1, 0.15) is 5.69 Å². The van der Waals surface area contributed by atoms with Crippen LogP contribution in [0.5, 0.6) is 0 Å². The molecule has 136 valence electrons. The number of nitrogens with zero attached hydrogens (tertiary/aromatic N) is 2. The van der Waals surface area contributed by atoms with E-state index in [2.05, 4.69) is 17.4 Å². The van der Waals surface area contributed by atoms with Crippen LogP contribution in [0.15, 0.2) is 47.3 Å². The van der Waals surface area contributed by atoms with Crippen molar-refractivity contribution in [2.24, 2.45) is 13.0 Å². The third kappa shape index (κ3) is 3.69. The standard InChI is InChI=1S/C20H23N3O3/c1-22(20(26)17-8-5-9-18(24)23(17)2)11-10-21-19(25)16-12-14-6-3-4-7-15(14)13-16/h3-9,16H,10-13H2,1-2H3,(H,21,25).